The molecule has 0 saturated heterocycles. The first-order valence-electron chi connectivity index (χ1n) is 8.89. The average Bonchev–Trinajstić information content (AvgIpc) is 2.99. The molecular weight excluding hydrogens is 354 g/mol. The molecule has 5 heteroatoms. The maximum Gasteiger partial charge on any atom is 0.264 e. The summed E-state index contributed by atoms with van der Waals surface area (Å²) in [5.41, 5.74) is 1.90. The van der Waals surface area contributed by atoms with Crippen LogP contribution in [0.25, 0.3) is 0 Å². The molecule has 0 aliphatic carbocycles. The quantitative estimate of drug-likeness (QED) is 0.503. The third kappa shape index (κ3) is 3.07. The van der Waals surface area contributed by atoms with Crippen molar-refractivity contribution < 1.29 is 19.1 Å². The standard InChI is InChI=1S/C23H17NO4/c1-15(24-22(26)19-9-5-6-10-20(19)23(24)27)28-18-13-11-17(12-14-18)21(25)16-7-3-2-4-8-16/h2-15H,1H3. The molecule has 0 radical (unpaired) electrons. The van der Waals surface area contributed by atoms with Crippen LogP contribution in [0.2, 0.25) is 0 Å². The highest BCUT2D eigenvalue weighted by atomic mass is 16.5. The SMILES string of the molecule is CC(Oc1ccc(C(=O)c2ccccc2)cc1)N1C(=O)c2ccccc2C1=O. The molecule has 1 heterocycles. The van der Waals surface area contributed by atoms with Gasteiger partial charge in [0.15, 0.2) is 12.0 Å². The largest absolute Gasteiger partial charge is 0.470 e. The Morgan fingerprint density at radius 1 is 0.750 bits per heavy atom. The molecule has 2 amide bonds. The fourth-order valence-corrected chi connectivity index (χ4v) is 3.23. The lowest BCUT2D eigenvalue weighted by Crippen LogP contribution is -2.41. The summed E-state index contributed by atoms with van der Waals surface area (Å²) in [6, 6.07) is 22.4. The van der Waals surface area contributed by atoms with Crippen LogP contribution in [0, 0.1) is 0 Å². The molecule has 3 aromatic carbocycles. The van der Waals surface area contributed by atoms with E-state index in [1.165, 1.54) is 0 Å². The summed E-state index contributed by atoms with van der Waals surface area (Å²) in [6.45, 7) is 1.64. The second kappa shape index (κ2) is 7.12. The van der Waals surface area contributed by atoms with E-state index in [9.17, 15) is 14.4 Å². The maximum absolute atomic E-state index is 12.5. The van der Waals surface area contributed by atoms with Crippen LogP contribution in [0.4, 0.5) is 0 Å². The summed E-state index contributed by atoms with van der Waals surface area (Å²) in [4.78, 5) is 38.6. The van der Waals surface area contributed by atoms with Gasteiger partial charge in [0.05, 0.1) is 11.1 Å². The van der Waals surface area contributed by atoms with E-state index >= 15 is 0 Å². The van der Waals surface area contributed by atoms with Gasteiger partial charge >= 0.3 is 0 Å². The van der Waals surface area contributed by atoms with Crippen LogP contribution in [0.5, 0.6) is 5.75 Å². The summed E-state index contributed by atoms with van der Waals surface area (Å²) in [6.07, 6.45) is -0.775. The fourth-order valence-electron chi connectivity index (χ4n) is 3.23. The van der Waals surface area contributed by atoms with Gasteiger partial charge in [-0.2, -0.15) is 0 Å². The second-order valence-corrected chi connectivity index (χ2v) is 6.46. The lowest BCUT2D eigenvalue weighted by Gasteiger charge is -2.23. The van der Waals surface area contributed by atoms with Gasteiger partial charge in [0.25, 0.3) is 11.8 Å². The average molecular weight is 371 g/mol. The van der Waals surface area contributed by atoms with Crippen LogP contribution in [0.15, 0.2) is 78.9 Å². The highest BCUT2D eigenvalue weighted by molar-refractivity contribution is 6.21. The Morgan fingerprint density at radius 3 is 1.82 bits per heavy atom. The molecule has 0 saturated carbocycles. The number of carbonyl (C=O) groups excluding carboxylic acids is 3. The van der Waals surface area contributed by atoms with Gasteiger partial charge in [0, 0.05) is 11.1 Å². The molecule has 0 N–H and O–H groups in total. The molecule has 4 rings (SSSR count). The molecule has 138 valence electrons. The minimum atomic E-state index is -0.775. The summed E-state index contributed by atoms with van der Waals surface area (Å²) in [5, 5.41) is 0. The Hall–Kier alpha value is -3.73. The van der Waals surface area contributed by atoms with Crippen molar-refractivity contribution in [2.24, 2.45) is 0 Å². The van der Waals surface area contributed by atoms with E-state index in [1.54, 1.807) is 67.6 Å². The minimum Gasteiger partial charge on any atom is -0.470 e. The zero-order chi connectivity index (χ0) is 19.7. The Bertz CT molecular complexity index is 1020. The summed E-state index contributed by atoms with van der Waals surface area (Å²) < 4.78 is 5.78. The molecule has 3 aromatic rings. The Kier molecular flexibility index (Phi) is 4.49. The normalized spacial score (nSPS) is 14.0. The molecule has 28 heavy (non-hydrogen) atoms. The second-order valence-electron chi connectivity index (χ2n) is 6.46. The number of hydrogen-bond donors (Lipinski definition) is 0. The topological polar surface area (TPSA) is 63.7 Å². The predicted molar refractivity (Wildman–Crippen MR) is 103 cm³/mol. The van der Waals surface area contributed by atoms with E-state index in [0.29, 0.717) is 28.0 Å². The molecule has 0 fully saturated rings. The number of nitrogens with zero attached hydrogens (tertiary/aromatic N) is 1. The van der Waals surface area contributed by atoms with Crippen LogP contribution in [0.1, 0.15) is 43.6 Å². The van der Waals surface area contributed by atoms with Gasteiger partial charge in [-0.1, -0.05) is 42.5 Å². The Morgan fingerprint density at radius 2 is 1.25 bits per heavy atom. The minimum absolute atomic E-state index is 0.0828. The van der Waals surface area contributed by atoms with Crippen molar-refractivity contribution in [3.05, 3.63) is 101 Å². The van der Waals surface area contributed by atoms with Gasteiger partial charge in [0.1, 0.15) is 5.75 Å². The molecule has 0 spiro atoms. The molecule has 5 nitrogen and oxygen atoms in total. The molecule has 0 bridgehead atoms. The van der Waals surface area contributed by atoms with Gasteiger partial charge in [-0.15, -0.1) is 0 Å². The van der Waals surface area contributed by atoms with Gasteiger partial charge in [0.2, 0.25) is 0 Å². The van der Waals surface area contributed by atoms with E-state index in [4.69, 9.17) is 4.74 Å². The van der Waals surface area contributed by atoms with Gasteiger partial charge in [-0.25, -0.2) is 4.90 Å². The van der Waals surface area contributed by atoms with Gasteiger partial charge in [-0.05, 0) is 43.3 Å². The van der Waals surface area contributed by atoms with Crippen LogP contribution < -0.4 is 4.74 Å². The molecule has 1 aliphatic heterocycles. The maximum atomic E-state index is 12.5. The third-order valence-electron chi connectivity index (χ3n) is 4.65. The van der Waals surface area contributed by atoms with Crippen LogP contribution >= 0.6 is 0 Å². The number of fused-ring (bicyclic) bond motifs is 1. The van der Waals surface area contributed by atoms with Crippen molar-refractivity contribution >= 4 is 17.6 Å². The van der Waals surface area contributed by atoms with Gasteiger partial charge < -0.3 is 4.74 Å². The highest BCUT2D eigenvalue weighted by Gasteiger charge is 2.39. The summed E-state index contributed by atoms with van der Waals surface area (Å²) in [7, 11) is 0. The predicted octanol–water partition coefficient (Wildman–Crippen LogP) is 3.94. The zero-order valence-corrected chi connectivity index (χ0v) is 15.2. The van der Waals surface area contributed by atoms with Crippen LogP contribution in [-0.4, -0.2) is 28.7 Å². The first-order chi connectivity index (χ1) is 13.6. The smallest absolute Gasteiger partial charge is 0.264 e. The first kappa shape index (κ1) is 17.7. The highest BCUT2D eigenvalue weighted by Crippen LogP contribution is 2.26. The first-order valence-corrected chi connectivity index (χ1v) is 8.89. The van der Waals surface area contributed by atoms with E-state index in [1.807, 2.05) is 18.2 Å². The molecule has 1 atom stereocenters. The number of hydrogen-bond acceptors (Lipinski definition) is 4. The van der Waals surface area contributed by atoms with Crippen molar-refractivity contribution in [3.63, 3.8) is 0 Å². The number of benzene rings is 3. The molecule has 1 unspecified atom stereocenters. The number of rotatable bonds is 5. The van der Waals surface area contributed by atoms with Crippen LogP contribution in [0.3, 0.4) is 0 Å². The zero-order valence-electron chi connectivity index (χ0n) is 15.2. The molecule has 0 aromatic heterocycles. The number of carbonyl (C=O) groups is 3. The molecule has 1 aliphatic rings. The summed E-state index contributed by atoms with van der Waals surface area (Å²) >= 11 is 0. The number of imide groups is 1. The number of amides is 2. The van der Waals surface area contributed by atoms with Crippen molar-refractivity contribution in [2.75, 3.05) is 0 Å². The Labute approximate surface area is 162 Å². The van der Waals surface area contributed by atoms with Crippen molar-refractivity contribution in [1.29, 1.82) is 0 Å². The third-order valence-corrected chi connectivity index (χ3v) is 4.65. The number of ketones is 1. The van der Waals surface area contributed by atoms with Crippen molar-refractivity contribution in [3.8, 4) is 5.75 Å². The van der Waals surface area contributed by atoms with Crippen molar-refractivity contribution in [2.45, 2.75) is 13.2 Å². The lowest BCUT2D eigenvalue weighted by molar-refractivity contribution is 0.0298. The van der Waals surface area contributed by atoms with E-state index in [-0.39, 0.29) is 17.6 Å². The number of ether oxygens (including phenoxy) is 1. The van der Waals surface area contributed by atoms with Crippen molar-refractivity contribution in [1.82, 2.24) is 4.90 Å². The van der Waals surface area contributed by atoms with E-state index in [0.717, 1.165) is 4.90 Å². The molecular formula is C23H17NO4. The van der Waals surface area contributed by atoms with E-state index < -0.39 is 6.23 Å². The monoisotopic (exact) mass is 371 g/mol. The Balaban J connectivity index is 1.49. The summed E-state index contributed by atoms with van der Waals surface area (Å²) in [5.74, 6) is -0.359. The lowest BCUT2D eigenvalue weighted by atomic mass is 10.0. The fraction of sp³-hybridized carbons (Fsp3) is 0.0870. The van der Waals surface area contributed by atoms with E-state index in [2.05, 4.69) is 0 Å². The van der Waals surface area contributed by atoms with Crippen LogP contribution in [-0.2, 0) is 0 Å². The van der Waals surface area contributed by atoms with Gasteiger partial charge in [-0.3, -0.25) is 14.4 Å².